The summed E-state index contributed by atoms with van der Waals surface area (Å²) in [7, 11) is 1.30. The topological polar surface area (TPSA) is 78.9 Å². The summed E-state index contributed by atoms with van der Waals surface area (Å²) in [4.78, 5) is 25.2. The van der Waals surface area contributed by atoms with E-state index in [1.54, 1.807) is 36.4 Å². The Morgan fingerprint density at radius 1 is 0.967 bits per heavy atom. The summed E-state index contributed by atoms with van der Waals surface area (Å²) in [6.45, 7) is 12.3. The lowest BCUT2D eigenvalue weighted by atomic mass is 10.0. The van der Waals surface area contributed by atoms with Gasteiger partial charge in [0.1, 0.15) is 0 Å². The molecule has 0 radical (unpaired) electrons. The normalized spacial score (nSPS) is 11.6. The van der Waals surface area contributed by atoms with Gasteiger partial charge in [-0.05, 0) is 64.1 Å². The van der Waals surface area contributed by atoms with Crippen LogP contribution in [0.4, 0.5) is 5.69 Å². The van der Waals surface area contributed by atoms with Crippen molar-refractivity contribution in [3.8, 4) is 0 Å². The molecule has 2 aromatic carbocycles. The van der Waals surface area contributed by atoms with Gasteiger partial charge < -0.3 is 15.2 Å². The number of carboxylic acids is 1. The number of rotatable bonds is 8. The minimum absolute atomic E-state index is 0.380. The van der Waals surface area contributed by atoms with Crippen LogP contribution in [-0.4, -0.2) is 47.7 Å². The second kappa shape index (κ2) is 12.6. The van der Waals surface area contributed by atoms with Crippen molar-refractivity contribution in [3.63, 3.8) is 0 Å². The lowest BCUT2D eigenvalue weighted by Gasteiger charge is -2.28. The van der Waals surface area contributed by atoms with Crippen LogP contribution in [0.25, 0.3) is 0 Å². The Labute approximate surface area is 179 Å². The average Bonchev–Trinajstić information content (AvgIpc) is 2.72. The van der Waals surface area contributed by atoms with Crippen molar-refractivity contribution in [2.75, 3.05) is 19.0 Å². The molecule has 0 aliphatic heterocycles. The first-order valence-electron chi connectivity index (χ1n) is 10.2. The monoisotopic (exact) mass is 414 g/mol. The maximum Gasteiger partial charge on any atom is 0.337 e. The molecule has 0 heterocycles. The van der Waals surface area contributed by atoms with Gasteiger partial charge in [0.05, 0.1) is 12.7 Å². The zero-order valence-electron chi connectivity index (χ0n) is 18.8. The number of aliphatic carboxylic acids is 1. The molecule has 0 saturated carbocycles. The molecular weight excluding hydrogens is 380 g/mol. The van der Waals surface area contributed by atoms with Crippen LogP contribution >= 0.6 is 0 Å². The SMILES string of the molecule is CCN(C(C)C)C(C)C.COC(=O)c1ccc(C(Nc2ccccc2)C(=O)O)cc1. The van der Waals surface area contributed by atoms with E-state index in [2.05, 4.69) is 49.6 Å². The Bertz CT molecular complexity index is 766. The number of benzene rings is 2. The number of hydrogen-bond donors (Lipinski definition) is 2. The summed E-state index contributed by atoms with van der Waals surface area (Å²) in [6.07, 6.45) is 0. The minimum atomic E-state index is -0.996. The number of anilines is 1. The van der Waals surface area contributed by atoms with Crippen LogP contribution in [0.1, 0.15) is 56.6 Å². The largest absolute Gasteiger partial charge is 0.479 e. The molecular formula is C24H34N2O4. The second-order valence-electron chi connectivity index (χ2n) is 7.41. The van der Waals surface area contributed by atoms with Crippen LogP contribution in [0.3, 0.4) is 0 Å². The lowest BCUT2D eigenvalue weighted by molar-refractivity contribution is -0.138. The molecule has 0 aliphatic carbocycles. The lowest BCUT2D eigenvalue weighted by Crippen LogP contribution is -2.36. The van der Waals surface area contributed by atoms with Crippen molar-refractivity contribution in [1.82, 2.24) is 4.90 Å². The van der Waals surface area contributed by atoms with E-state index >= 15 is 0 Å². The zero-order valence-corrected chi connectivity index (χ0v) is 18.8. The number of carboxylic acid groups (broad SMARTS) is 1. The van der Waals surface area contributed by atoms with E-state index in [1.807, 2.05) is 18.2 Å². The van der Waals surface area contributed by atoms with Gasteiger partial charge in [-0.3, -0.25) is 4.90 Å². The van der Waals surface area contributed by atoms with Gasteiger partial charge in [-0.25, -0.2) is 9.59 Å². The highest BCUT2D eigenvalue weighted by Gasteiger charge is 2.20. The molecule has 164 valence electrons. The summed E-state index contributed by atoms with van der Waals surface area (Å²) < 4.78 is 4.61. The summed E-state index contributed by atoms with van der Waals surface area (Å²) in [5.41, 5.74) is 1.64. The highest BCUT2D eigenvalue weighted by Crippen LogP contribution is 2.20. The maximum atomic E-state index is 11.4. The first-order valence-corrected chi connectivity index (χ1v) is 10.2. The Morgan fingerprint density at radius 3 is 1.87 bits per heavy atom. The molecule has 0 fully saturated rings. The first-order chi connectivity index (χ1) is 14.2. The Kier molecular flexibility index (Phi) is 10.6. The Morgan fingerprint density at radius 2 is 1.50 bits per heavy atom. The minimum Gasteiger partial charge on any atom is -0.479 e. The third kappa shape index (κ3) is 7.87. The van der Waals surface area contributed by atoms with Crippen molar-refractivity contribution in [3.05, 3.63) is 65.7 Å². The summed E-state index contributed by atoms with van der Waals surface area (Å²) in [6, 6.07) is 15.9. The molecule has 2 N–H and O–H groups in total. The van der Waals surface area contributed by atoms with Gasteiger partial charge in [0.15, 0.2) is 6.04 Å². The summed E-state index contributed by atoms with van der Waals surface area (Å²) >= 11 is 0. The molecule has 0 amide bonds. The molecule has 1 atom stereocenters. The second-order valence-corrected chi connectivity index (χ2v) is 7.41. The predicted molar refractivity (Wildman–Crippen MR) is 121 cm³/mol. The number of esters is 1. The number of hydrogen-bond acceptors (Lipinski definition) is 5. The van der Waals surface area contributed by atoms with E-state index in [-0.39, 0.29) is 0 Å². The van der Waals surface area contributed by atoms with Crippen molar-refractivity contribution in [2.45, 2.75) is 52.7 Å². The highest BCUT2D eigenvalue weighted by molar-refractivity contribution is 5.89. The third-order valence-electron chi connectivity index (χ3n) is 4.69. The van der Waals surface area contributed by atoms with Crippen LogP contribution in [0.5, 0.6) is 0 Å². The van der Waals surface area contributed by atoms with Crippen molar-refractivity contribution < 1.29 is 19.4 Å². The fourth-order valence-electron chi connectivity index (χ4n) is 3.24. The highest BCUT2D eigenvalue weighted by atomic mass is 16.5. The third-order valence-corrected chi connectivity index (χ3v) is 4.69. The molecule has 0 spiro atoms. The van der Waals surface area contributed by atoms with E-state index in [0.29, 0.717) is 28.9 Å². The number of carbonyl (C=O) groups is 2. The van der Waals surface area contributed by atoms with Crippen LogP contribution in [0.15, 0.2) is 54.6 Å². The van der Waals surface area contributed by atoms with Crippen LogP contribution < -0.4 is 5.32 Å². The van der Waals surface area contributed by atoms with E-state index in [4.69, 9.17) is 0 Å². The molecule has 0 bridgehead atoms. The van der Waals surface area contributed by atoms with Gasteiger partial charge in [-0.15, -0.1) is 0 Å². The number of carbonyl (C=O) groups excluding carboxylic acids is 1. The van der Waals surface area contributed by atoms with Gasteiger partial charge in [0.25, 0.3) is 0 Å². The van der Waals surface area contributed by atoms with Gasteiger partial charge in [0, 0.05) is 17.8 Å². The van der Waals surface area contributed by atoms with Crippen molar-refractivity contribution >= 4 is 17.6 Å². The molecule has 30 heavy (non-hydrogen) atoms. The van der Waals surface area contributed by atoms with Gasteiger partial charge in [0.2, 0.25) is 0 Å². The van der Waals surface area contributed by atoms with Crippen molar-refractivity contribution in [1.29, 1.82) is 0 Å². The maximum absolute atomic E-state index is 11.4. The first kappa shape index (κ1) is 25.2. The molecule has 0 aliphatic rings. The molecule has 2 rings (SSSR count). The van der Waals surface area contributed by atoms with E-state index in [1.165, 1.54) is 7.11 Å². The van der Waals surface area contributed by atoms with Crippen LogP contribution in [0.2, 0.25) is 0 Å². The molecule has 6 nitrogen and oxygen atoms in total. The fraction of sp³-hybridized carbons (Fsp3) is 0.417. The van der Waals surface area contributed by atoms with Crippen LogP contribution in [-0.2, 0) is 9.53 Å². The molecule has 1 unspecified atom stereocenters. The average molecular weight is 415 g/mol. The Hall–Kier alpha value is -2.86. The number of nitrogens with zero attached hydrogens (tertiary/aromatic N) is 1. The standard InChI is InChI=1S/C16H15NO4.C8H19N/c1-21-16(20)12-9-7-11(8-10-12)14(15(18)19)17-13-5-3-2-4-6-13;1-6-9(7(2)3)8(4)5/h2-10,14,17H,1H3,(H,18,19);7-8H,6H2,1-5H3. The number of nitrogens with one attached hydrogen (secondary N) is 1. The molecule has 6 heteroatoms. The molecule has 0 saturated heterocycles. The quantitative estimate of drug-likeness (QED) is 0.602. The van der Waals surface area contributed by atoms with Crippen molar-refractivity contribution in [2.24, 2.45) is 0 Å². The smallest absolute Gasteiger partial charge is 0.337 e. The van der Waals surface area contributed by atoms with E-state index in [9.17, 15) is 14.7 Å². The number of para-hydroxylation sites is 1. The van der Waals surface area contributed by atoms with Crippen LogP contribution in [0, 0.1) is 0 Å². The van der Waals surface area contributed by atoms with E-state index in [0.717, 1.165) is 6.54 Å². The van der Waals surface area contributed by atoms with E-state index < -0.39 is 18.0 Å². The zero-order chi connectivity index (χ0) is 22.7. The summed E-state index contributed by atoms with van der Waals surface area (Å²) in [5, 5.41) is 12.3. The predicted octanol–water partition coefficient (Wildman–Crippen LogP) is 4.84. The van der Waals surface area contributed by atoms with Gasteiger partial charge >= 0.3 is 11.9 Å². The number of methoxy groups -OCH3 is 1. The number of ether oxygens (including phenoxy) is 1. The summed E-state index contributed by atoms with van der Waals surface area (Å²) in [5.74, 6) is -1.45. The fourth-order valence-corrected chi connectivity index (χ4v) is 3.24. The Balaban J connectivity index is 0.000000424. The van der Waals surface area contributed by atoms with Gasteiger partial charge in [-0.2, -0.15) is 0 Å². The molecule has 2 aromatic rings. The van der Waals surface area contributed by atoms with Gasteiger partial charge in [-0.1, -0.05) is 37.3 Å². The molecule has 0 aromatic heterocycles.